The molecule has 0 aromatic carbocycles. The molecule has 0 saturated carbocycles. The summed E-state index contributed by atoms with van der Waals surface area (Å²) < 4.78 is 0. The van der Waals surface area contributed by atoms with Crippen LogP contribution in [-0.4, -0.2) is 53.4 Å². The number of aliphatic carboxylic acids is 1. The lowest BCUT2D eigenvalue weighted by molar-refractivity contribution is -0.141. The summed E-state index contributed by atoms with van der Waals surface area (Å²) in [5, 5.41) is 19.7. The predicted octanol–water partition coefficient (Wildman–Crippen LogP) is -0.908. The van der Waals surface area contributed by atoms with Gasteiger partial charge in [0.25, 0.3) is 0 Å². The Morgan fingerprint density at radius 3 is 2.08 bits per heavy atom. The van der Waals surface area contributed by atoms with Crippen molar-refractivity contribution in [3.05, 3.63) is 0 Å². The first-order chi connectivity index (χ1) is 5.86. The highest BCUT2D eigenvalue weighted by molar-refractivity contribution is 5.82. The summed E-state index contributed by atoms with van der Waals surface area (Å²) >= 11 is 0. The number of hydrogen-bond donors (Lipinski definition) is 3. The molecular formula is C7H14N2O4. The predicted molar refractivity (Wildman–Crippen MR) is 45.3 cm³/mol. The van der Waals surface area contributed by atoms with Crippen molar-refractivity contribution in [2.75, 3.05) is 14.1 Å². The topological polar surface area (TPSA) is 89.9 Å². The number of rotatable bonds is 3. The molecule has 13 heavy (non-hydrogen) atoms. The molecule has 0 aliphatic heterocycles. The van der Waals surface area contributed by atoms with Crippen LogP contribution in [0.4, 0.5) is 4.79 Å². The van der Waals surface area contributed by atoms with Gasteiger partial charge in [0.1, 0.15) is 0 Å². The van der Waals surface area contributed by atoms with Crippen molar-refractivity contribution in [3.63, 3.8) is 0 Å². The fourth-order valence-electron chi connectivity index (χ4n) is 0.651. The monoisotopic (exact) mass is 190 g/mol. The number of carbonyl (C=O) groups excluding carboxylic acids is 1. The molecule has 2 amide bonds. The van der Waals surface area contributed by atoms with Crippen LogP contribution >= 0.6 is 0 Å². The summed E-state index contributed by atoms with van der Waals surface area (Å²) in [4.78, 5) is 22.7. The maximum absolute atomic E-state index is 11.0. The Hall–Kier alpha value is -1.30. The van der Waals surface area contributed by atoms with Crippen LogP contribution < -0.4 is 5.32 Å². The van der Waals surface area contributed by atoms with Crippen molar-refractivity contribution in [1.82, 2.24) is 10.2 Å². The normalized spacial score (nSPS) is 14.5. The van der Waals surface area contributed by atoms with E-state index in [-0.39, 0.29) is 0 Å². The number of hydrogen-bond acceptors (Lipinski definition) is 3. The second-order valence-electron chi connectivity index (χ2n) is 2.90. The second-order valence-corrected chi connectivity index (χ2v) is 2.90. The van der Waals surface area contributed by atoms with Gasteiger partial charge in [-0.25, -0.2) is 9.59 Å². The molecule has 0 heterocycles. The molecule has 76 valence electrons. The molecule has 0 aromatic rings. The lowest BCUT2D eigenvalue weighted by Gasteiger charge is -2.19. The lowest BCUT2D eigenvalue weighted by Crippen LogP contribution is -2.50. The summed E-state index contributed by atoms with van der Waals surface area (Å²) in [6.45, 7) is 1.30. The molecule has 6 nitrogen and oxygen atoms in total. The van der Waals surface area contributed by atoms with Crippen LogP contribution in [0.25, 0.3) is 0 Å². The van der Waals surface area contributed by atoms with Crippen LogP contribution in [0.5, 0.6) is 0 Å². The smallest absolute Gasteiger partial charge is 0.328 e. The van der Waals surface area contributed by atoms with Gasteiger partial charge in [-0.3, -0.25) is 0 Å². The SMILES string of the molecule is CC(O)C(NC(=O)N(C)C)C(=O)O. The van der Waals surface area contributed by atoms with Crippen LogP contribution in [0.2, 0.25) is 0 Å². The van der Waals surface area contributed by atoms with Gasteiger partial charge in [-0.2, -0.15) is 0 Å². The van der Waals surface area contributed by atoms with Gasteiger partial charge in [0.05, 0.1) is 6.10 Å². The molecule has 3 N–H and O–H groups in total. The molecule has 0 fully saturated rings. The summed E-state index contributed by atoms with van der Waals surface area (Å²) in [7, 11) is 2.96. The van der Waals surface area contributed by atoms with Gasteiger partial charge in [-0.15, -0.1) is 0 Å². The average Bonchev–Trinajstić information content (AvgIpc) is 1.97. The number of nitrogens with zero attached hydrogens (tertiary/aromatic N) is 1. The number of urea groups is 1. The van der Waals surface area contributed by atoms with E-state index >= 15 is 0 Å². The molecule has 0 rings (SSSR count). The molecule has 0 bridgehead atoms. The molecule has 0 aliphatic rings. The molecule has 2 unspecified atom stereocenters. The number of carboxylic acids is 1. The number of carboxylic acid groups (broad SMARTS) is 1. The van der Waals surface area contributed by atoms with Crippen molar-refractivity contribution in [1.29, 1.82) is 0 Å². The summed E-state index contributed by atoms with van der Waals surface area (Å²) in [5.41, 5.74) is 0. The van der Waals surface area contributed by atoms with Crippen molar-refractivity contribution >= 4 is 12.0 Å². The quantitative estimate of drug-likeness (QED) is 0.537. The third-order valence-electron chi connectivity index (χ3n) is 1.43. The van der Waals surface area contributed by atoms with E-state index in [0.717, 1.165) is 0 Å². The molecule has 0 radical (unpaired) electrons. The van der Waals surface area contributed by atoms with Crippen molar-refractivity contribution in [3.8, 4) is 0 Å². The maximum atomic E-state index is 11.0. The molecular weight excluding hydrogens is 176 g/mol. The molecule has 2 atom stereocenters. The van der Waals surface area contributed by atoms with Crippen LogP contribution in [0.1, 0.15) is 6.92 Å². The Kier molecular flexibility index (Phi) is 4.19. The summed E-state index contributed by atoms with van der Waals surface area (Å²) in [5.74, 6) is -1.26. The van der Waals surface area contributed by atoms with E-state index in [9.17, 15) is 9.59 Å². The minimum Gasteiger partial charge on any atom is -0.480 e. The van der Waals surface area contributed by atoms with E-state index in [1.165, 1.54) is 25.9 Å². The van der Waals surface area contributed by atoms with Crippen LogP contribution in [0.15, 0.2) is 0 Å². The average molecular weight is 190 g/mol. The van der Waals surface area contributed by atoms with Gasteiger partial charge in [-0.05, 0) is 6.92 Å². The van der Waals surface area contributed by atoms with Crippen LogP contribution in [-0.2, 0) is 4.79 Å². The third-order valence-corrected chi connectivity index (χ3v) is 1.43. The largest absolute Gasteiger partial charge is 0.480 e. The van der Waals surface area contributed by atoms with Gasteiger partial charge in [-0.1, -0.05) is 0 Å². The molecule has 0 aliphatic carbocycles. The highest BCUT2D eigenvalue weighted by Gasteiger charge is 2.25. The number of amides is 2. The first kappa shape index (κ1) is 11.7. The first-order valence-electron chi connectivity index (χ1n) is 3.75. The van der Waals surface area contributed by atoms with Gasteiger partial charge in [0, 0.05) is 14.1 Å². The van der Waals surface area contributed by atoms with Crippen molar-refractivity contribution in [2.24, 2.45) is 0 Å². The number of aliphatic hydroxyl groups is 1. The van der Waals surface area contributed by atoms with E-state index in [0.29, 0.717) is 0 Å². The minimum atomic E-state index is -1.27. The zero-order valence-electron chi connectivity index (χ0n) is 7.81. The summed E-state index contributed by atoms with van der Waals surface area (Å²) in [6, 6.07) is -1.82. The Morgan fingerprint density at radius 2 is 1.85 bits per heavy atom. The van der Waals surface area contributed by atoms with E-state index in [2.05, 4.69) is 5.32 Å². The van der Waals surface area contributed by atoms with E-state index < -0.39 is 24.1 Å². The van der Waals surface area contributed by atoms with Gasteiger partial charge in [0.2, 0.25) is 0 Å². The number of carbonyl (C=O) groups is 2. The van der Waals surface area contributed by atoms with Gasteiger partial charge >= 0.3 is 12.0 Å². The van der Waals surface area contributed by atoms with Gasteiger partial charge < -0.3 is 20.4 Å². The van der Waals surface area contributed by atoms with Crippen molar-refractivity contribution < 1.29 is 19.8 Å². The fraction of sp³-hybridized carbons (Fsp3) is 0.714. The first-order valence-corrected chi connectivity index (χ1v) is 3.75. The van der Waals surface area contributed by atoms with Crippen LogP contribution in [0.3, 0.4) is 0 Å². The Labute approximate surface area is 76.2 Å². The highest BCUT2D eigenvalue weighted by atomic mass is 16.4. The van der Waals surface area contributed by atoms with Crippen LogP contribution in [0, 0.1) is 0 Å². The molecule has 0 aromatic heterocycles. The summed E-state index contributed by atoms with van der Waals surface area (Å²) in [6.07, 6.45) is -1.12. The van der Waals surface area contributed by atoms with E-state index in [1.807, 2.05) is 0 Å². The van der Waals surface area contributed by atoms with E-state index in [1.54, 1.807) is 0 Å². The Morgan fingerprint density at radius 1 is 1.38 bits per heavy atom. The Bertz CT molecular complexity index is 203. The third kappa shape index (κ3) is 3.75. The molecule has 0 saturated heterocycles. The second kappa shape index (κ2) is 4.66. The number of nitrogens with one attached hydrogen (secondary N) is 1. The fourth-order valence-corrected chi connectivity index (χ4v) is 0.651. The van der Waals surface area contributed by atoms with Crippen molar-refractivity contribution in [2.45, 2.75) is 19.1 Å². The highest BCUT2D eigenvalue weighted by Crippen LogP contribution is 1.93. The van der Waals surface area contributed by atoms with E-state index in [4.69, 9.17) is 10.2 Å². The van der Waals surface area contributed by atoms with Gasteiger partial charge in [0.15, 0.2) is 6.04 Å². The standard InChI is InChI=1S/C7H14N2O4/c1-4(10)5(6(11)12)8-7(13)9(2)3/h4-5,10H,1-3H3,(H,8,13)(H,11,12). The zero-order valence-corrected chi connectivity index (χ0v) is 7.81. The molecule has 0 spiro atoms. The zero-order chi connectivity index (χ0) is 10.6. The number of aliphatic hydroxyl groups excluding tert-OH is 1. The lowest BCUT2D eigenvalue weighted by atomic mass is 10.2. The molecule has 6 heteroatoms. The maximum Gasteiger partial charge on any atom is 0.328 e. The minimum absolute atomic E-state index is 0.548. The Balaban J connectivity index is 4.27.